The van der Waals surface area contributed by atoms with Crippen LogP contribution in [-0.2, 0) is 0 Å². The molecule has 30 heavy (non-hydrogen) atoms. The van der Waals surface area contributed by atoms with E-state index < -0.39 is 0 Å². The summed E-state index contributed by atoms with van der Waals surface area (Å²) in [5.74, 6) is 2.50. The topological polar surface area (TPSA) is 54.4 Å². The number of ether oxygens (including phenoxy) is 1. The van der Waals surface area contributed by atoms with E-state index in [0.717, 1.165) is 44.2 Å². The van der Waals surface area contributed by atoms with Gasteiger partial charge in [0.15, 0.2) is 0 Å². The Morgan fingerprint density at radius 3 is 2.70 bits per heavy atom. The number of hydrogen-bond donors (Lipinski definition) is 2. The lowest BCUT2D eigenvalue weighted by Crippen LogP contribution is -2.14. The van der Waals surface area contributed by atoms with Crippen molar-refractivity contribution in [1.29, 1.82) is 0 Å². The summed E-state index contributed by atoms with van der Waals surface area (Å²) < 4.78 is 7.00. The SMILES string of the molecule is CCSc1cccc(-c2ccc(OC(C)CCO)c(Nc3ncc(C)cc3Br)c2)c1. The smallest absolute Gasteiger partial charge is 0.144 e. The zero-order valence-electron chi connectivity index (χ0n) is 17.5. The van der Waals surface area contributed by atoms with Crippen molar-refractivity contribution in [2.24, 2.45) is 0 Å². The average Bonchev–Trinajstić information content (AvgIpc) is 2.72. The Morgan fingerprint density at radius 1 is 1.17 bits per heavy atom. The Labute approximate surface area is 191 Å². The van der Waals surface area contributed by atoms with Crippen LogP contribution in [0.1, 0.15) is 25.8 Å². The van der Waals surface area contributed by atoms with Gasteiger partial charge in [-0.3, -0.25) is 0 Å². The first-order chi connectivity index (χ1) is 14.5. The highest BCUT2D eigenvalue weighted by molar-refractivity contribution is 9.10. The highest BCUT2D eigenvalue weighted by Crippen LogP contribution is 2.36. The number of benzene rings is 2. The first-order valence-electron chi connectivity index (χ1n) is 10.0. The van der Waals surface area contributed by atoms with Gasteiger partial charge < -0.3 is 15.2 Å². The molecule has 6 heteroatoms. The normalized spacial score (nSPS) is 11.9. The van der Waals surface area contributed by atoms with Crippen LogP contribution in [0.5, 0.6) is 5.75 Å². The molecular weight excluding hydrogens is 460 g/mol. The zero-order valence-corrected chi connectivity index (χ0v) is 19.9. The van der Waals surface area contributed by atoms with Crippen LogP contribution >= 0.6 is 27.7 Å². The maximum atomic E-state index is 9.23. The zero-order chi connectivity index (χ0) is 21.5. The van der Waals surface area contributed by atoms with Crippen LogP contribution in [0.4, 0.5) is 11.5 Å². The van der Waals surface area contributed by atoms with Crippen LogP contribution in [0.15, 0.2) is 64.1 Å². The molecular formula is C24H27BrN2O2S. The lowest BCUT2D eigenvalue weighted by atomic mass is 10.0. The van der Waals surface area contributed by atoms with Crippen LogP contribution in [0.2, 0.25) is 0 Å². The van der Waals surface area contributed by atoms with E-state index in [2.05, 4.69) is 69.6 Å². The maximum absolute atomic E-state index is 9.23. The lowest BCUT2D eigenvalue weighted by molar-refractivity contribution is 0.169. The van der Waals surface area contributed by atoms with Gasteiger partial charge in [0, 0.05) is 24.1 Å². The number of nitrogens with zero attached hydrogens (tertiary/aromatic N) is 1. The van der Waals surface area contributed by atoms with Gasteiger partial charge in [-0.1, -0.05) is 25.1 Å². The summed E-state index contributed by atoms with van der Waals surface area (Å²) in [6, 6.07) is 16.7. The van der Waals surface area contributed by atoms with Gasteiger partial charge in [-0.25, -0.2) is 4.98 Å². The van der Waals surface area contributed by atoms with Crippen molar-refractivity contribution in [3.63, 3.8) is 0 Å². The second kappa shape index (κ2) is 10.8. The van der Waals surface area contributed by atoms with Crippen molar-refractivity contribution < 1.29 is 9.84 Å². The second-order valence-corrected chi connectivity index (χ2v) is 9.27. The van der Waals surface area contributed by atoms with Crippen molar-refractivity contribution in [1.82, 2.24) is 4.98 Å². The number of aliphatic hydroxyl groups is 1. The third-order valence-electron chi connectivity index (χ3n) is 4.55. The summed E-state index contributed by atoms with van der Waals surface area (Å²) in [7, 11) is 0. The van der Waals surface area contributed by atoms with Crippen molar-refractivity contribution in [2.45, 2.75) is 38.2 Å². The molecule has 0 amide bonds. The molecule has 0 fully saturated rings. The van der Waals surface area contributed by atoms with Gasteiger partial charge in [0.1, 0.15) is 11.6 Å². The Bertz CT molecular complexity index is 997. The third-order valence-corrected chi connectivity index (χ3v) is 6.03. The number of rotatable bonds is 9. The van der Waals surface area contributed by atoms with Gasteiger partial charge in [0.25, 0.3) is 0 Å². The lowest BCUT2D eigenvalue weighted by Gasteiger charge is -2.19. The Kier molecular flexibility index (Phi) is 8.19. The minimum Gasteiger partial charge on any atom is -0.488 e. The summed E-state index contributed by atoms with van der Waals surface area (Å²) >= 11 is 5.42. The number of aryl methyl sites for hydroxylation is 1. The molecule has 158 valence electrons. The molecule has 0 radical (unpaired) electrons. The Morgan fingerprint density at radius 2 is 1.97 bits per heavy atom. The number of nitrogens with one attached hydrogen (secondary N) is 1. The molecule has 0 bridgehead atoms. The molecule has 2 aromatic carbocycles. The monoisotopic (exact) mass is 486 g/mol. The Hall–Kier alpha value is -2.02. The van der Waals surface area contributed by atoms with E-state index in [-0.39, 0.29) is 12.7 Å². The molecule has 1 heterocycles. The summed E-state index contributed by atoms with van der Waals surface area (Å²) in [5.41, 5.74) is 4.17. The van der Waals surface area contributed by atoms with Crippen LogP contribution in [0.25, 0.3) is 11.1 Å². The van der Waals surface area contributed by atoms with E-state index in [9.17, 15) is 5.11 Å². The fourth-order valence-corrected chi connectivity index (χ4v) is 4.33. The predicted octanol–water partition coefficient (Wildman–Crippen LogP) is 6.82. The fraction of sp³-hybridized carbons (Fsp3) is 0.292. The number of aromatic nitrogens is 1. The summed E-state index contributed by atoms with van der Waals surface area (Å²) in [5, 5.41) is 12.6. The number of pyridine rings is 1. The fourth-order valence-electron chi connectivity index (χ4n) is 3.05. The number of hydrogen-bond acceptors (Lipinski definition) is 5. The molecule has 0 aliphatic rings. The van der Waals surface area contributed by atoms with Crippen LogP contribution < -0.4 is 10.1 Å². The minimum absolute atomic E-state index is 0.0922. The van der Waals surface area contributed by atoms with E-state index in [1.165, 1.54) is 4.90 Å². The van der Waals surface area contributed by atoms with Crippen molar-refractivity contribution >= 4 is 39.2 Å². The van der Waals surface area contributed by atoms with E-state index >= 15 is 0 Å². The van der Waals surface area contributed by atoms with E-state index in [1.54, 1.807) is 0 Å². The first-order valence-corrected chi connectivity index (χ1v) is 11.8. The van der Waals surface area contributed by atoms with E-state index in [4.69, 9.17) is 4.74 Å². The maximum Gasteiger partial charge on any atom is 0.144 e. The van der Waals surface area contributed by atoms with Gasteiger partial charge in [-0.2, -0.15) is 0 Å². The average molecular weight is 487 g/mol. The molecule has 0 aliphatic carbocycles. The van der Waals surface area contributed by atoms with Gasteiger partial charge in [0.05, 0.1) is 16.3 Å². The highest BCUT2D eigenvalue weighted by atomic mass is 79.9. The summed E-state index contributed by atoms with van der Waals surface area (Å²) in [6.45, 7) is 6.22. The summed E-state index contributed by atoms with van der Waals surface area (Å²) in [6.07, 6.45) is 2.31. The summed E-state index contributed by atoms with van der Waals surface area (Å²) in [4.78, 5) is 5.77. The quantitative estimate of drug-likeness (QED) is 0.324. The predicted molar refractivity (Wildman–Crippen MR) is 130 cm³/mol. The molecule has 4 nitrogen and oxygen atoms in total. The van der Waals surface area contributed by atoms with Gasteiger partial charge in [-0.05, 0) is 82.6 Å². The molecule has 1 atom stereocenters. The molecule has 3 rings (SSSR count). The number of halogens is 1. The number of thioether (sulfide) groups is 1. The van der Waals surface area contributed by atoms with Crippen LogP contribution in [-0.4, -0.2) is 28.6 Å². The molecule has 0 saturated heterocycles. The molecule has 1 unspecified atom stereocenters. The van der Waals surface area contributed by atoms with Crippen molar-refractivity contribution in [3.8, 4) is 16.9 Å². The molecule has 0 aliphatic heterocycles. The molecule has 0 saturated carbocycles. The molecule has 0 spiro atoms. The van der Waals surface area contributed by atoms with Crippen LogP contribution in [0, 0.1) is 6.92 Å². The largest absolute Gasteiger partial charge is 0.488 e. The standard InChI is InChI=1S/C24H27BrN2O2S/c1-4-30-20-7-5-6-18(13-20)19-8-9-23(29-17(3)10-11-28)22(14-19)27-24-21(25)12-16(2)15-26-24/h5-9,12-15,17,28H,4,10-11H2,1-3H3,(H,26,27). The second-order valence-electron chi connectivity index (χ2n) is 7.08. The van der Waals surface area contributed by atoms with Gasteiger partial charge in [0.2, 0.25) is 0 Å². The van der Waals surface area contributed by atoms with E-state index in [1.807, 2.05) is 43.9 Å². The van der Waals surface area contributed by atoms with Crippen LogP contribution in [0.3, 0.4) is 0 Å². The van der Waals surface area contributed by atoms with E-state index in [0.29, 0.717) is 6.42 Å². The van der Waals surface area contributed by atoms with Crippen molar-refractivity contribution in [3.05, 3.63) is 64.8 Å². The highest BCUT2D eigenvalue weighted by Gasteiger charge is 2.13. The molecule has 2 N–H and O–H groups in total. The minimum atomic E-state index is -0.0971. The number of aliphatic hydroxyl groups excluding tert-OH is 1. The third kappa shape index (κ3) is 6.00. The van der Waals surface area contributed by atoms with Gasteiger partial charge >= 0.3 is 0 Å². The van der Waals surface area contributed by atoms with Crippen molar-refractivity contribution in [2.75, 3.05) is 17.7 Å². The number of anilines is 2. The molecule has 3 aromatic rings. The first kappa shape index (κ1) is 22.7. The Balaban J connectivity index is 1.98. The molecule has 1 aromatic heterocycles. The van der Waals surface area contributed by atoms with Gasteiger partial charge in [-0.15, -0.1) is 11.8 Å².